The lowest BCUT2D eigenvalue weighted by Crippen LogP contribution is -2.55. The Morgan fingerprint density at radius 3 is 2.92 bits per heavy atom. The van der Waals surface area contributed by atoms with E-state index in [1.807, 2.05) is 6.07 Å². The van der Waals surface area contributed by atoms with E-state index in [1.165, 1.54) is 11.1 Å². The summed E-state index contributed by atoms with van der Waals surface area (Å²) in [7, 11) is 0. The number of nitriles is 1. The van der Waals surface area contributed by atoms with Crippen LogP contribution in [-0.4, -0.2) is 40.4 Å². The van der Waals surface area contributed by atoms with Crippen molar-refractivity contribution < 1.29 is 23.9 Å². The van der Waals surface area contributed by atoms with Gasteiger partial charge >= 0.3 is 11.9 Å². The van der Waals surface area contributed by atoms with Crippen molar-refractivity contribution in [2.24, 2.45) is 0 Å². The molecule has 0 saturated carbocycles. The molecule has 1 aromatic carbocycles. The van der Waals surface area contributed by atoms with Gasteiger partial charge in [-0.15, -0.1) is 0 Å². The molecule has 8 nitrogen and oxygen atoms in total. The van der Waals surface area contributed by atoms with Gasteiger partial charge in [0.2, 0.25) is 5.91 Å². The van der Waals surface area contributed by atoms with Crippen LogP contribution in [0.25, 0.3) is 0 Å². The lowest BCUT2D eigenvalue weighted by Gasteiger charge is -2.39. The van der Waals surface area contributed by atoms with Gasteiger partial charge in [0.25, 0.3) is 6.29 Å². The molecule has 4 rings (SSSR count). The second-order valence-corrected chi connectivity index (χ2v) is 5.52. The molecule has 0 radical (unpaired) electrons. The Balaban J connectivity index is 1.55. The number of rotatable bonds is 3. The van der Waals surface area contributed by atoms with Crippen LogP contribution < -0.4 is 0 Å². The van der Waals surface area contributed by atoms with Gasteiger partial charge in [-0.2, -0.15) is 5.26 Å². The largest absolute Gasteiger partial charge is 0.417 e. The van der Waals surface area contributed by atoms with Crippen LogP contribution in [0.2, 0.25) is 0 Å². The number of hydrogen-bond acceptors (Lipinski definition) is 7. The minimum absolute atomic E-state index is 0.0481. The normalized spacial score (nSPS) is 23.7. The van der Waals surface area contributed by atoms with Crippen LogP contribution in [0, 0.1) is 11.3 Å². The van der Waals surface area contributed by atoms with Crippen LogP contribution in [0.1, 0.15) is 28.6 Å². The third-order valence-corrected chi connectivity index (χ3v) is 4.18. The zero-order valence-electron chi connectivity index (χ0n) is 12.3. The SMILES string of the molecule is N#CCN1C=C(C(=O)OC2OC(=O)c3ccccc32)N2C(=O)C[C@H]12. The fourth-order valence-electron chi connectivity index (χ4n) is 3.01. The van der Waals surface area contributed by atoms with E-state index >= 15 is 0 Å². The molecule has 0 aromatic heterocycles. The van der Waals surface area contributed by atoms with Gasteiger partial charge < -0.3 is 14.4 Å². The molecule has 1 aromatic rings. The maximum atomic E-state index is 12.4. The fourth-order valence-corrected chi connectivity index (χ4v) is 3.01. The molecule has 120 valence electrons. The van der Waals surface area contributed by atoms with Gasteiger partial charge in [0.1, 0.15) is 18.4 Å². The fraction of sp³-hybridized carbons (Fsp3) is 0.250. The van der Waals surface area contributed by atoms with E-state index in [0.717, 1.165) is 0 Å². The van der Waals surface area contributed by atoms with Gasteiger partial charge in [-0.25, -0.2) is 9.59 Å². The number of benzene rings is 1. The minimum Gasteiger partial charge on any atom is -0.417 e. The summed E-state index contributed by atoms with van der Waals surface area (Å²) in [5, 5.41) is 8.82. The Hall–Kier alpha value is -3.34. The molecule has 8 heteroatoms. The quantitative estimate of drug-likeness (QED) is 0.456. The number of carbonyl (C=O) groups is 3. The van der Waals surface area contributed by atoms with Crippen molar-refractivity contribution in [1.29, 1.82) is 5.26 Å². The van der Waals surface area contributed by atoms with Gasteiger partial charge in [0.05, 0.1) is 18.1 Å². The van der Waals surface area contributed by atoms with Crippen LogP contribution in [0.15, 0.2) is 36.2 Å². The molecule has 3 aliphatic heterocycles. The summed E-state index contributed by atoms with van der Waals surface area (Å²) >= 11 is 0. The van der Waals surface area contributed by atoms with Crippen LogP contribution in [-0.2, 0) is 19.1 Å². The summed E-state index contributed by atoms with van der Waals surface area (Å²) in [6, 6.07) is 8.61. The van der Waals surface area contributed by atoms with Crippen LogP contribution >= 0.6 is 0 Å². The Labute approximate surface area is 136 Å². The van der Waals surface area contributed by atoms with Crippen molar-refractivity contribution in [2.45, 2.75) is 18.9 Å². The Bertz CT molecular complexity index is 840. The highest BCUT2D eigenvalue weighted by Gasteiger charge is 2.49. The zero-order valence-corrected chi connectivity index (χ0v) is 12.3. The molecule has 0 aliphatic carbocycles. The number of ether oxygens (including phenoxy) is 2. The van der Waals surface area contributed by atoms with Gasteiger partial charge in [-0.05, 0) is 6.07 Å². The Kier molecular flexibility index (Phi) is 3.03. The molecule has 1 saturated heterocycles. The molecule has 1 unspecified atom stereocenters. The predicted molar refractivity (Wildman–Crippen MR) is 76.3 cm³/mol. The van der Waals surface area contributed by atoms with E-state index in [0.29, 0.717) is 11.1 Å². The van der Waals surface area contributed by atoms with Crippen molar-refractivity contribution >= 4 is 17.8 Å². The maximum absolute atomic E-state index is 12.4. The van der Waals surface area contributed by atoms with Gasteiger partial charge in [-0.1, -0.05) is 18.2 Å². The van der Waals surface area contributed by atoms with Gasteiger partial charge in [0.15, 0.2) is 0 Å². The van der Waals surface area contributed by atoms with Crippen molar-refractivity contribution in [3.8, 4) is 6.07 Å². The van der Waals surface area contributed by atoms with Crippen molar-refractivity contribution in [1.82, 2.24) is 9.80 Å². The number of amides is 1. The molecule has 0 spiro atoms. The van der Waals surface area contributed by atoms with E-state index in [4.69, 9.17) is 14.7 Å². The van der Waals surface area contributed by atoms with Crippen molar-refractivity contribution in [2.75, 3.05) is 6.54 Å². The molecular weight excluding hydrogens is 314 g/mol. The first-order valence-electron chi connectivity index (χ1n) is 7.27. The maximum Gasteiger partial charge on any atom is 0.359 e. The smallest absolute Gasteiger partial charge is 0.359 e. The molecule has 0 bridgehead atoms. The highest BCUT2D eigenvalue weighted by molar-refractivity contribution is 5.99. The topological polar surface area (TPSA) is 99.9 Å². The summed E-state index contributed by atoms with van der Waals surface area (Å²) in [5.74, 6) is -1.55. The van der Waals surface area contributed by atoms with E-state index in [1.54, 1.807) is 29.2 Å². The summed E-state index contributed by atoms with van der Waals surface area (Å²) < 4.78 is 10.3. The first-order chi connectivity index (χ1) is 11.6. The summed E-state index contributed by atoms with van der Waals surface area (Å²) in [6.07, 6.45) is 0.222. The number of fused-ring (bicyclic) bond motifs is 2. The minimum atomic E-state index is -1.14. The van der Waals surface area contributed by atoms with E-state index in [9.17, 15) is 14.4 Å². The summed E-state index contributed by atoms with van der Waals surface area (Å²) in [4.78, 5) is 38.8. The molecule has 24 heavy (non-hydrogen) atoms. The monoisotopic (exact) mass is 325 g/mol. The number of cyclic esters (lactones) is 1. The molecule has 2 atom stereocenters. The van der Waals surface area contributed by atoms with Crippen LogP contribution in [0.4, 0.5) is 0 Å². The second kappa shape index (κ2) is 5.09. The van der Waals surface area contributed by atoms with E-state index < -0.39 is 18.2 Å². The molecule has 1 fully saturated rings. The lowest BCUT2D eigenvalue weighted by atomic mass is 10.1. The zero-order chi connectivity index (χ0) is 16.8. The van der Waals surface area contributed by atoms with Crippen molar-refractivity contribution in [3.05, 3.63) is 47.3 Å². The number of nitrogens with zero attached hydrogens (tertiary/aromatic N) is 3. The Morgan fingerprint density at radius 2 is 2.17 bits per heavy atom. The summed E-state index contributed by atoms with van der Waals surface area (Å²) in [6.45, 7) is 0.0620. The highest BCUT2D eigenvalue weighted by Crippen LogP contribution is 2.37. The first kappa shape index (κ1) is 14.3. The highest BCUT2D eigenvalue weighted by atomic mass is 16.7. The second-order valence-electron chi connectivity index (χ2n) is 5.52. The average Bonchev–Trinajstić information content (AvgIpc) is 3.03. The molecule has 3 aliphatic rings. The third-order valence-electron chi connectivity index (χ3n) is 4.18. The first-order valence-corrected chi connectivity index (χ1v) is 7.27. The number of β-lactam (4-membered cyclic amide) rings is 1. The predicted octanol–water partition coefficient (Wildman–Crippen LogP) is 0.638. The van der Waals surface area contributed by atoms with Gasteiger partial charge in [-0.3, -0.25) is 9.69 Å². The number of esters is 2. The lowest BCUT2D eigenvalue weighted by molar-refractivity contribution is -0.168. The van der Waals surface area contributed by atoms with E-state index in [2.05, 4.69) is 0 Å². The third kappa shape index (κ3) is 1.95. The van der Waals surface area contributed by atoms with Crippen LogP contribution in [0.3, 0.4) is 0 Å². The van der Waals surface area contributed by atoms with E-state index in [-0.39, 0.29) is 30.7 Å². The Morgan fingerprint density at radius 1 is 1.38 bits per heavy atom. The molecule has 0 N–H and O–H groups in total. The van der Waals surface area contributed by atoms with Gasteiger partial charge in [0, 0.05) is 11.8 Å². The van der Waals surface area contributed by atoms with Crippen molar-refractivity contribution in [3.63, 3.8) is 0 Å². The molecular formula is C16H11N3O5. The molecule has 3 heterocycles. The molecule has 1 amide bonds. The average molecular weight is 325 g/mol. The standard InChI is InChI=1S/C16H11N3O5/c17-5-6-18-8-11(19-12(18)7-13(19)20)15(22)24-16-10-4-2-1-3-9(10)14(21)23-16/h1-4,8,12,16H,6-7H2/t12-,16?/m1/s1. The van der Waals surface area contributed by atoms with Crippen LogP contribution in [0.5, 0.6) is 0 Å². The number of hydrogen-bond donors (Lipinski definition) is 0. The number of carbonyl (C=O) groups excluding carboxylic acids is 3. The summed E-state index contributed by atoms with van der Waals surface area (Å²) in [5.41, 5.74) is 0.862.